The highest BCUT2D eigenvalue weighted by atomic mass is 127. The van der Waals surface area contributed by atoms with Crippen molar-refractivity contribution < 1.29 is 29.1 Å². The highest BCUT2D eigenvalue weighted by Gasteiger charge is 1.59. The van der Waals surface area contributed by atoms with Crippen LogP contribution in [0.3, 0.4) is 0 Å². The average molecular weight is 349 g/mol. The molecule has 0 aliphatic carbocycles. The van der Waals surface area contributed by atoms with E-state index < -0.39 is 5.09 Å². The molecule has 2 heterocycles. The molecule has 0 saturated heterocycles. The maximum atomic E-state index is 8.25. The van der Waals surface area contributed by atoms with Gasteiger partial charge in [-0.1, -0.05) is 12.1 Å². The fourth-order valence-electron chi connectivity index (χ4n) is 0.625. The van der Waals surface area contributed by atoms with E-state index in [9.17, 15) is 0 Å². The van der Waals surface area contributed by atoms with Gasteiger partial charge in [-0.3, -0.25) is 9.97 Å². The molecule has 0 spiro atoms. The van der Waals surface area contributed by atoms with Crippen LogP contribution in [0.5, 0.6) is 0 Å². The predicted octanol–water partition coefficient (Wildman–Crippen LogP) is -1.61. The summed E-state index contributed by atoms with van der Waals surface area (Å²) in [6.45, 7) is 0. The SMILES string of the molecule is O=[N+]([O-])[O-].[IH2+].c1ccncc1.c1ccncc1. The number of nitrogens with zero attached hydrogens (tertiary/aromatic N) is 3. The van der Waals surface area contributed by atoms with Gasteiger partial charge >= 0.3 is 0 Å². The second-order valence-corrected chi connectivity index (χ2v) is 2.27. The number of hydrogen-bond donors (Lipinski definition) is 0. The van der Waals surface area contributed by atoms with Gasteiger partial charge in [0.25, 0.3) is 0 Å². The maximum absolute atomic E-state index is 8.25. The summed E-state index contributed by atoms with van der Waals surface area (Å²) in [7, 11) is 0. The number of aromatic nitrogens is 2. The van der Waals surface area contributed by atoms with Crippen molar-refractivity contribution in [1.82, 2.24) is 9.97 Å². The van der Waals surface area contributed by atoms with Crippen molar-refractivity contribution >= 4 is 0 Å². The topological polar surface area (TPSA) is 92.0 Å². The van der Waals surface area contributed by atoms with E-state index in [4.69, 9.17) is 15.3 Å². The summed E-state index contributed by atoms with van der Waals surface area (Å²) < 4.78 is 0. The lowest BCUT2D eigenvalue weighted by molar-refractivity contribution is -0.402. The molecule has 0 saturated carbocycles. The fraction of sp³-hybridized carbons (Fsp3) is 0. The molecule has 0 atom stereocenters. The minimum Gasteiger partial charge on any atom is -0.356 e. The summed E-state index contributed by atoms with van der Waals surface area (Å²) in [5, 5.41) is 14.8. The molecule has 2 aromatic heterocycles. The summed E-state index contributed by atoms with van der Waals surface area (Å²) in [4.78, 5) is 15.8. The van der Waals surface area contributed by atoms with Gasteiger partial charge in [-0.15, -0.1) is 0 Å². The summed E-state index contributed by atoms with van der Waals surface area (Å²) >= 11 is 0. The van der Waals surface area contributed by atoms with Crippen molar-refractivity contribution in [1.29, 1.82) is 0 Å². The van der Waals surface area contributed by atoms with Crippen LogP contribution in [0.25, 0.3) is 0 Å². The van der Waals surface area contributed by atoms with Crippen molar-refractivity contribution in [2.45, 2.75) is 0 Å². The first-order valence-electron chi connectivity index (χ1n) is 4.25. The molecule has 7 heteroatoms. The second-order valence-electron chi connectivity index (χ2n) is 2.27. The van der Waals surface area contributed by atoms with Crippen LogP contribution in [-0.4, -0.2) is 15.1 Å². The van der Waals surface area contributed by atoms with Gasteiger partial charge < -0.3 is 15.3 Å². The molecule has 2 rings (SSSR count). The van der Waals surface area contributed by atoms with Crippen LogP contribution in [0.4, 0.5) is 0 Å². The molecule has 0 fully saturated rings. The van der Waals surface area contributed by atoms with Crippen LogP contribution in [0, 0.1) is 15.3 Å². The van der Waals surface area contributed by atoms with Crippen molar-refractivity contribution in [3.63, 3.8) is 0 Å². The Balaban J connectivity index is 0. The molecular weight excluding hydrogens is 337 g/mol. The van der Waals surface area contributed by atoms with Crippen molar-refractivity contribution in [3.8, 4) is 0 Å². The monoisotopic (exact) mass is 349 g/mol. The Labute approximate surface area is 115 Å². The molecular formula is C10H12IN3O3. The van der Waals surface area contributed by atoms with Crippen LogP contribution in [0.15, 0.2) is 61.2 Å². The molecule has 0 unspecified atom stereocenters. The number of pyridine rings is 2. The maximum Gasteiger partial charge on any atom is 0.235 e. The summed E-state index contributed by atoms with van der Waals surface area (Å²) in [6, 6.07) is 11.4. The van der Waals surface area contributed by atoms with Gasteiger partial charge in [0, 0.05) is 24.8 Å². The second kappa shape index (κ2) is 14.2. The van der Waals surface area contributed by atoms with E-state index in [0.717, 1.165) is 0 Å². The van der Waals surface area contributed by atoms with Crippen LogP contribution < -0.4 is 24.0 Å². The molecule has 6 nitrogen and oxygen atoms in total. The van der Waals surface area contributed by atoms with E-state index >= 15 is 0 Å². The van der Waals surface area contributed by atoms with Gasteiger partial charge in [0.1, 0.15) is 0 Å². The molecule has 0 aromatic carbocycles. The molecule has 17 heavy (non-hydrogen) atoms. The largest absolute Gasteiger partial charge is 0.356 e. The van der Waals surface area contributed by atoms with E-state index in [1.807, 2.05) is 36.4 Å². The standard InChI is InChI=1S/2C5H5N.H2I.NO3/c2*1-2-4-6-5-3-1;;2-1(3)4/h2*1-5H;1H2;/q;;+1;-1. The third-order valence-electron chi connectivity index (χ3n) is 1.13. The quantitative estimate of drug-likeness (QED) is 0.324. The van der Waals surface area contributed by atoms with E-state index in [2.05, 4.69) is 9.97 Å². The Hall–Kier alpha value is -1.77. The van der Waals surface area contributed by atoms with Crippen molar-refractivity contribution in [2.24, 2.45) is 0 Å². The predicted molar refractivity (Wildman–Crippen MR) is 61.6 cm³/mol. The van der Waals surface area contributed by atoms with Crippen molar-refractivity contribution in [2.75, 3.05) is 0 Å². The third kappa shape index (κ3) is 20.3. The van der Waals surface area contributed by atoms with E-state index in [0.29, 0.717) is 0 Å². The first kappa shape index (κ1) is 17.6. The summed E-state index contributed by atoms with van der Waals surface area (Å²) in [6.07, 6.45) is 7.00. The zero-order valence-corrected chi connectivity index (χ0v) is 11.3. The Kier molecular flexibility index (Phi) is 14.7. The lowest BCUT2D eigenvalue weighted by Crippen LogP contribution is -3.00. The average Bonchev–Trinajstić information content (AvgIpc) is 2.34. The molecule has 0 amide bonds. The smallest absolute Gasteiger partial charge is 0.235 e. The minimum atomic E-state index is -1.75. The first-order chi connectivity index (χ1) is 7.73. The molecule has 2 aromatic rings. The zero-order valence-electron chi connectivity index (χ0n) is 8.79. The Morgan fingerprint density at radius 3 is 1.00 bits per heavy atom. The van der Waals surface area contributed by atoms with Gasteiger partial charge in [0.2, 0.25) is 24.0 Å². The number of rotatable bonds is 0. The molecule has 0 bridgehead atoms. The Morgan fingerprint density at radius 2 is 0.941 bits per heavy atom. The molecule has 0 aliphatic heterocycles. The van der Waals surface area contributed by atoms with Crippen LogP contribution in [0.2, 0.25) is 0 Å². The highest BCUT2D eigenvalue weighted by molar-refractivity contribution is 4.88. The van der Waals surface area contributed by atoms with E-state index in [1.165, 1.54) is 0 Å². The van der Waals surface area contributed by atoms with Crippen LogP contribution >= 0.6 is 0 Å². The van der Waals surface area contributed by atoms with Gasteiger partial charge in [-0.2, -0.15) is 0 Å². The van der Waals surface area contributed by atoms with Crippen molar-refractivity contribution in [3.05, 3.63) is 76.5 Å². The first-order valence-corrected chi connectivity index (χ1v) is 4.25. The molecule has 0 radical (unpaired) electrons. The number of hydrogen-bond acceptors (Lipinski definition) is 5. The normalized spacial score (nSPS) is 7.06. The zero-order chi connectivity index (χ0) is 12.1. The van der Waals surface area contributed by atoms with Gasteiger partial charge in [0.05, 0.1) is 5.09 Å². The van der Waals surface area contributed by atoms with Gasteiger partial charge in [0.15, 0.2) is 0 Å². The lowest BCUT2D eigenvalue weighted by Gasteiger charge is -1.74. The van der Waals surface area contributed by atoms with Crippen LogP contribution in [-0.2, 0) is 0 Å². The molecule has 92 valence electrons. The molecule has 0 aliphatic rings. The number of halogens is 1. The third-order valence-corrected chi connectivity index (χ3v) is 1.13. The molecule has 0 N–H and O–H groups in total. The highest BCUT2D eigenvalue weighted by Crippen LogP contribution is 1.74. The van der Waals surface area contributed by atoms with E-state index in [-0.39, 0.29) is 24.0 Å². The van der Waals surface area contributed by atoms with Gasteiger partial charge in [-0.25, -0.2) is 0 Å². The summed E-state index contributed by atoms with van der Waals surface area (Å²) in [5.74, 6) is 0. The fourth-order valence-corrected chi connectivity index (χ4v) is 0.625. The minimum absolute atomic E-state index is 0. The van der Waals surface area contributed by atoms with Gasteiger partial charge in [-0.05, 0) is 24.3 Å². The van der Waals surface area contributed by atoms with E-state index in [1.54, 1.807) is 24.8 Å². The lowest BCUT2D eigenvalue weighted by atomic mass is 10.5. The Bertz CT molecular complexity index is 273. The van der Waals surface area contributed by atoms with Crippen LogP contribution in [0.1, 0.15) is 0 Å². The summed E-state index contributed by atoms with van der Waals surface area (Å²) in [5.41, 5.74) is 0. The Morgan fingerprint density at radius 1 is 0.706 bits per heavy atom.